The molecular formula is C25H21ClFN5O6S. The number of piperidine rings is 1. The summed E-state index contributed by atoms with van der Waals surface area (Å²) in [5.41, 5.74) is -1.57. The van der Waals surface area contributed by atoms with Crippen LogP contribution in [0.1, 0.15) is 52.4 Å². The molecule has 2 aliphatic heterocycles. The standard InChI is InChI=1S/C25H21ClFN5O6S/c1-25(2,23-30-19-14(38-3)8-10(26)9-15(19)39-23)31-24(37)28-12-5-4-11-17(18(12)27)22(36)32(21(11)35)13-6-7-16(33)29-20(13)34/h4-5,8-9,13H,6-7H2,1-3H3,(H2,28,31,37)(H,29,33,34). The molecule has 0 spiro atoms. The predicted molar refractivity (Wildman–Crippen MR) is 139 cm³/mol. The molecule has 0 aliphatic carbocycles. The fourth-order valence-electron chi connectivity index (χ4n) is 4.49. The van der Waals surface area contributed by atoms with E-state index in [9.17, 15) is 24.0 Å². The van der Waals surface area contributed by atoms with Gasteiger partial charge in [-0.3, -0.25) is 29.4 Å². The number of carbonyl (C=O) groups is 5. The fraction of sp³-hybridized carbons (Fsp3) is 0.280. The Morgan fingerprint density at radius 3 is 2.67 bits per heavy atom. The van der Waals surface area contributed by atoms with Crippen LogP contribution < -0.4 is 20.7 Å². The lowest BCUT2D eigenvalue weighted by Gasteiger charge is -2.27. The van der Waals surface area contributed by atoms with Gasteiger partial charge in [0.1, 0.15) is 22.3 Å². The summed E-state index contributed by atoms with van der Waals surface area (Å²) in [6.07, 6.45) is -0.131. The zero-order valence-electron chi connectivity index (χ0n) is 20.8. The van der Waals surface area contributed by atoms with Crippen LogP contribution in [-0.2, 0) is 15.1 Å². The third kappa shape index (κ3) is 4.57. The van der Waals surface area contributed by atoms with Gasteiger partial charge >= 0.3 is 6.03 Å². The van der Waals surface area contributed by atoms with E-state index in [1.807, 2.05) is 0 Å². The summed E-state index contributed by atoms with van der Waals surface area (Å²) in [6, 6.07) is 3.69. The number of halogens is 2. The Balaban J connectivity index is 1.36. The van der Waals surface area contributed by atoms with Gasteiger partial charge in [0.25, 0.3) is 11.8 Å². The highest BCUT2D eigenvalue weighted by Crippen LogP contribution is 2.37. The molecule has 2 aliphatic rings. The van der Waals surface area contributed by atoms with Crippen LogP contribution in [0.2, 0.25) is 5.02 Å². The smallest absolute Gasteiger partial charge is 0.320 e. The van der Waals surface area contributed by atoms with Crippen molar-refractivity contribution in [2.24, 2.45) is 0 Å². The maximum absolute atomic E-state index is 15.4. The third-order valence-corrected chi connectivity index (χ3v) is 7.94. The largest absolute Gasteiger partial charge is 0.494 e. The molecule has 39 heavy (non-hydrogen) atoms. The highest BCUT2D eigenvalue weighted by Gasteiger charge is 2.46. The number of ether oxygens (including phenoxy) is 1. The van der Waals surface area contributed by atoms with Crippen molar-refractivity contribution in [2.45, 2.75) is 38.3 Å². The van der Waals surface area contributed by atoms with Gasteiger partial charge in [0.2, 0.25) is 11.8 Å². The Bertz CT molecular complexity index is 1610. The molecule has 0 radical (unpaired) electrons. The van der Waals surface area contributed by atoms with E-state index >= 15 is 4.39 Å². The summed E-state index contributed by atoms with van der Waals surface area (Å²) < 4.78 is 21.5. The van der Waals surface area contributed by atoms with Crippen molar-refractivity contribution in [3.8, 4) is 5.75 Å². The number of rotatable bonds is 5. The summed E-state index contributed by atoms with van der Waals surface area (Å²) in [5.74, 6) is -3.84. The molecule has 14 heteroatoms. The van der Waals surface area contributed by atoms with Crippen LogP contribution in [0.4, 0.5) is 14.9 Å². The van der Waals surface area contributed by atoms with Crippen molar-refractivity contribution in [1.82, 2.24) is 20.5 Å². The molecule has 1 saturated heterocycles. The number of thiazole rings is 1. The number of fused-ring (bicyclic) bond motifs is 2. The van der Waals surface area contributed by atoms with E-state index in [1.54, 1.807) is 26.0 Å². The Morgan fingerprint density at radius 1 is 1.23 bits per heavy atom. The summed E-state index contributed by atoms with van der Waals surface area (Å²) in [4.78, 5) is 67.7. The summed E-state index contributed by atoms with van der Waals surface area (Å²) in [6.45, 7) is 3.41. The molecule has 6 amide bonds. The van der Waals surface area contributed by atoms with Crippen LogP contribution >= 0.6 is 22.9 Å². The lowest BCUT2D eigenvalue weighted by molar-refractivity contribution is -0.136. The zero-order valence-corrected chi connectivity index (χ0v) is 22.4. The first-order valence-corrected chi connectivity index (χ1v) is 12.9. The van der Waals surface area contributed by atoms with Gasteiger partial charge in [-0.1, -0.05) is 11.6 Å². The fourth-order valence-corrected chi connectivity index (χ4v) is 5.85. The second kappa shape index (κ2) is 9.58. The van der Waals surface area contributed by atoms with Gasteiger partial charge in [0, 0.05) is 17.5 Å². The first-order chi connectivity index (χ1) is 18.4. The molecule has 1 fully saturated rings. The van der Waals surface area contributed by atoms with Gasteiger partial charge in [-0.2, -0.15) is 0 Å². The molecule has 3 N–H and O–H groups in total. The number of imide groups is 2. The Kier molecular flexibility index (Phi) is 6.51. The topological polar surface area (TPSA) is 147 Å². The van der Waals surface area contributed by atoms with E-state index in [4.69, 9.17) is 16.3 Å². The van der Waals surface area contributed by atoms with E-state index < -0.39 is 52.6 Å². The van der Waals surface area contributed by atoms with E-state index in [0.29, 0.717) is 26.2 Å². The molecule has 3 aromatic rings. The van der Waals surface area contributed by atoms with Crippen molar-refractivity contribution >= 4 is 68.5 Å². The van der Waals surface area contributed by atoms with E-state index in [-0.39, 0.29) is 24.1 Å². The number of hydrogen-bond donors (Lipinski definition) is 3. The molecule has 1 unspecified atom stereocenters. The number of aromatic nitrogens is 1. The Hall–Kier alpha value is -4.10. The molecule has 0 saturated carbocycles. The van der Waals surface area contributed by atoms with Crippen LogP contribution in [-0.4, -0.2) is 52.7 Å². The second-order valence-corrected chi connectivity index (χ2v) is 10.9. The first-order valence-electron chi connectivity index (χ1n) is 11.7. The average molecular weight is 574 g/mol. The number of nitrogens with zero attached hydrogens (tertiary/aromatic N) is 2. The minimum absolute atomic E-state index is 0.0653. The molecule has 1 atom stereocenters. The highest BCUT2D eigenvalue weighted by atomic mass is 35.5. The number of nitrogens with one attached hydrogen (secondary N) is 3. The van der Waals surface area contributed by atoms with Gasteiger partial charge < -0.3 is 15.4 Å². The van der Waals surface area contributed by atoms with Crippen molar-refractivity contribution in [1.29, 1.82) is 0 Å². The number of hydrogen-bond acceptors (Lipinski definition) is 8. The molecule has 0 bridgehead atoms. The molecule has 11 nitrogen and oxygen atoms in total. The molecule has 1 aromatic heterocycles. The summed E-state index contributed by atoms with van der Waals surface area (Å²) in [5, 5.41) is 8.18. The minimum Gasteiger partial charge on any atom is -0.494 e. The lowest BCUT2D eigenvalue weighted by atomic mass is 10.0. The van der Waals surface area contributed by atoms with E-state index in [1.165, 1.54) is 24.5 Å². The van der Waals surface area contributed by atoms with E-state index in [0.717, 1.165) is 10.8 Å². The Morgan fingerprint density at radius 2 is 1.97 bits per heavy atom. The predicted octanol–water partition coefficient (Wildman–Crippen LogP) is 3.56. The van der Waals surface area contributed by atoms with Crippen molar-refractivity contribution in [2.75, 3.05) is 12.4 Å². The number of amides is 6. The molecule has 2 aromatic carbocycles. The maximum Gasteiger partial charge on any atom is 0.320 e. The minimum atomic E-state index is -1.24. The van der Waals surface area contributed by atoms with Crippen LogP contribution in [0.5, 0.6) is 5.75 Å². The number of urea groups is 1. The van der Waals surface area contributed by atoms with Gasteiger partial charge in [-0.05, 0) is 38.5 Å². The highest BCUT2D eigenvalue weighted by molar-refractivity contribution is 7.18. The quantitative estimate of drug-likeness (QED) is 0.395. The maximum atomic E-state index is 15.4. The second-order valence-electron chi connectivity index (χ2n) is 9.47. The van der Waals surface area contributed by atoms with Gasteiger partial charge in [0.05, 0.1) is 34.2 Å². The summed E-state index contributed by atoms with van der Waals surface area (Å²) in [7, 11) is 1.49. The first kappa shape index (κ1) is 26.5. The third-order valence-electron chi connectivity index (χ3n) is 6.40. The zero-order chi connectivity index (χ0) is 28.2. The number of carbonyl (C=O) groups excluding carboxylic acids is 5. The number of methoxy groups -OCH3 is 1. The summed E-state index contributed by atoms with van der Waals surface area (Å²) >= 11 is 7.44. The van der Waals surface area contributed by atoms with Crippen LogP contribution in [0.15, 0.2) is 24.3 Å². The van der Waals surface area contributed by atoms with E-state index in [2.05, 4.69) is 20.9 Å². The number of anilines is 1. The lowest BCUT2D eigenvalue weighted by Crippen LogP contribution is -2.54. The molecule has 202 valence electrons. The molecular weight excluding hydrogens is 553 g/mol. The monoisotopic (exact) mass is 573 g/mol. The average Bonchev–Trinajstić information content (AvgIpc) is 3.40. The van der Waals surface area contributed by atoms with Crippen molar-refractivity contribution < 1.29 is 33.1 Å². The van der Waals surface area contributed by atoms with Crippen LogP contribution in [0, 0.1) is 5.82 Å². The van der Waals surface area contributed by atoms with Gasteiger partial charge in [0.15, 0.2) is 5.82 Å². The van der Waals surface area contributed by atoms with Gasteiger partial charge in [-0.25, -0.2) is 14.2 Å². The van der Waals surface area contributed by atoms with Crippen molar-refractivity contribution in [3.63, 3.8) is 0 Å². The van der Waals surface area contributed by atoms with Crippen LogP contribution in [0.3, 0.4) is 0 Å². The van der Waals surface area contributed by atoms with Gasteiger partial charge in [-0.15, -0.1) is 11.3 Å². The number of benzene rings is 2. The molecule has 5 rings (SSSR count). The normalized spacial score (nSPS) is 17.4. The Labute approximate surface area is 229 Å². The van der Waals surface area contributed by atoms with Crippen LogP contribution in [0.25, 0.3) is 10.2 Å². The molecule has 3 heterocycles. The van der Waals surface area contributed by atoms with Crippen molar-refractivity contribution in [3.05, 3.63) is 51.2 Å². The SMILES string of the molecule is COc1cc(Cl)cc2sc(C(C)(C)NC(=O)Nc3ccc4c(c3F)C(=O)N(C3CCC(=O)NC3=O)C4=O)nc12.